The molecule has 0 aliphatic carbocycles. The first-order valence-electron chi connectivity index (χ1n) is 6.11. The van der Waals surface area contributed by atoms with Crippen LogP contribution in [-0.4, -0.2) is 18.1 Å². The number of hydrogen-bond donors (Lipinski definition) is 1. The number of rotatable bonds is 5. The van der Waals surface area contributed by atoms with E-state index < -0.39 is 11.8 Å². The molecule has 0 spiro atoms. The van der Waals surface area contributed by atoms with Gasteiger partial charge in [-0.25, -0.2) is 9.18 Å². The minimum atomic E-state index is -1.07. The molecule has 2 rings (SSSR count). The fourth-order valence-electron chi connectivity index (χ4n) is 1.84. The molecule has 0 unspecified atom stereocenters. The molecule has 110 valence electrons. The van der Waals surface area contributed by atoms with Crippen LogP contribution in [-0.2, 0) is 11.3 Å². The molecule has 0 radical (unpaired) electrons. The molecule has 0 atom stereocenters. The van der Waals surface area contributed by atoms with E-state index in [0.29, 0.717) is 22.1 Å². The van der Waals surface area contributed by atoms with Crippen LogP contribution in [0.5, 0.6) is 0 Å². The summed E-state index contributed by atoms with van der Waals surface area (Å²) in [6, 6.07) is 8.18. The molecule has 0 bridgehead atoms. The monoisotopic (exact) mass is 325 g/mol. The molecule has 0 aliphatic rings. The molecule has 2 aromatic rings. The highest BCUT2D eigenvalue weighted by atomic mass is 35.5. The first kappa shape index (κ1) is 15.5. The van der Waals surface area contributed by atoms with E-state index in [1.807, 2.05) is 24.1 Å². The zero-order valence-electron chi connectivity index (χ0n) is 11.2. The summed E-state index contributed by atoms with van der Waals surface area (Å²) in [5.74, 6) is -1.48. The molecule has 0 saturated carbocycles. The standard InChI is InChI=1S/C15H13ClFNO2S/c1-18(9-13-3-4-14(16)21-13)12-7-10(2-5-15(19)20)6-11(17)8-12/h2-8H,9H2,1H3,(H,19,20)/b5-2+. The molecule has 1 aromatic carbocycles. The quantitative estimate of drug-likeness (QED) is 0.834. The maximum Gasteiger partial charge on any atom is 0.328 e. The van der Waals surface area contributed by atoms with Gasteiger partial charge >= 0.3 is 5.97 Å². The molecule has 1 heterocycles. The molecular formula is C15H13ClFNO2S. The lowest BCUT2D eigenvalue weighted by atomic mass is 10.1. The molecule has 1 aromatic heterocycles. The van der Waals surface area contributed by atoms with E-state index in [-0.39, 0.29) is 0 Å². The Morgan fingerprint density at radius 3 is 2.81 bits per heavy atom. The van der Waals surface area contributed by atoms with E-state index in [2.05, 4.69) is 0 Å². The Morgan fingerprint density at radius 1 is 1.43 bits per heavy atom. The van der Waals surface area contributed by atoms with Crippen molar-refractivity contribution in [3.63, 3.8) is 0 Å². The van der Waals surface area contributed by atoms with Crippen LogP contribution in [0.1, 0.15) is 10.4 Å². The summed E-state index contributed by atoms with van der Waals surface area (Å²) in [4.78, 5) is 13.5. The summed E-state index contributed by atoms with van der Waals surface area (Å²) in [7, 11) is 1.84. The number of anilines is 1. The molecule has 0 saturated heterocycles. The molecule has 1 N–H and O–H groups in total. The molecule has 3 nitrogen and oxygen atoms in total. The highest BCUT2D eigenvalue weighted by Gasteiger charge is 2.07. The lowest BCUT2D eigenvalue weighted by molar-refractivity contribution is -0.131. The Kier molecular flexibility index (Phi) is 4.98. The summed E-state index contributed by atoms with van der Waals surface area (Å²) in [5, 5.41) is 8.62. The first-order valence-corrected chi connectivity index (χ1v) is 7.30. The van der Waals surface area contributed by atoms with Crippen LogP contribution in [0, 0.1) is 5.82 Å². The van der Waals surface area contributed by atoms with Crippen molar-refractivity contribution >= 4 is 40.7 Å². The van der Waals surface area contributed by atoms with Crippen molar-refractivity contribution in [2.45, 2.75) is 6.54 Å². The van der Waals surface area contributed by atoms with Gasteiger partial charge in [-0.1, -0.05) is 11.6 Å². The molecular weight excluding hydrogens is 313 g/mol. The number of nitrogens with zero attached hydrogens (tertiary/aromatic N) is 1. The minimum absolute atomic E-state index is 0.409. The Morgan fingerprint density at radius 2 is 2.19 bits per heavy atom. The van der Waals surface area contributed by atoms with Gasteiger partial charge in [-0.2, -0.15) is 0 Å². The van der Waals surface area contributed by atoms with Crippen LogP contribution < -0.4 is 4.90 Å². The van der Waals surface area contributed by atoms with Crippen molar-refractivity contribution < 1.29 is 14.3 Å². The summed E-state index contributed by atoms with van der Waals surface area (Å²) in [5.41, 5.74) is 1.17. The molecule has 21 heavy (non-hydrogen) atoms. The fraction of sp³-hybridized carbons (Fsp3) is 0.133. The summed E-state index contributed by atoms with van der Waals surface area (Å²) >= 11 is 7.36. The van der Waals surface area contributed by atoms with E-state index in [4.69, 9.17) is 16.7 Å². The number of carboxylic acid groups (broad SMARTS) is 1. The van der Waals surface area contributed by atoms with Crippen molar-refractivity contribution in [1.82, 2.24) is 0 Å². The van der Waals surface area contributed by atoms with Gasteiger partial charge in [0, 0.05) is 23.7 Å². The third kappa shape index (κ3) is 4.58. The smallest absolute Gasteiger partial charge is 0.328 e. The van der Waals surface area contributed by atoms with Gasteiger partial charge in [-0.05, 0) is 42.0 Å². The molecule has 0 aliphatic heterocycles. The number of carbonyl (C=O) groups is 1. The van der Waals surface area contributed by atoms with Gasteiger partial charge < -0.3 is 10.0 Å². The first-order chi connectivity index (χ1) is 9.94. The lowest BCUT2D eigenvalue weighted by Crippen LogP contribution is -2.15. The summed E-state index contributed by atoms with van der Waals surface area (Å²) < 4.78 is 14.3. The van der Waals surface area contributed by atoms with Crippen molar-refractivity contribution in [3.8, 4) is 0 Å². The molecule has 0 fully saturated rings. The highest BCUT2D eigenvalue weighted by molar-refractivity contribution is 7.16. The number of carboxylic acids is 1. The van der Waals surface area contributed by atoms with Gasteiger partial charge in [0.2, 0.25) is 0 Å². The van der Waals surface area contributed by atoms with E-state index >= 15 is 0 Å². The molecule has 0 amide bonds. The molecule has 6 heteroatoms. The Bertz CT molecular complexity index is 684. The van der Waals surface area contributed by atoms with Crippen LogP contribution in [0.3, 0.4) is 0 Å². The van der Waals surface area contributed by atoms with E-state index in [1.165, 1.54) is 29.5 Å². The third-order valence-electron chi connectivity index (χ3n) is 2.79. The van der Waals surface area contributed by atoms with Gasteiger partial charge in [0.1, 0.15) is 5.82 Å². The number of hydrogen-bond acceptors (Lipinski definition) is 3. The maximum absolute atomic E-state index is 13.6. The second kappa shape index (κ2) is 6.74. The van der Waals surface area contributed by atoms with Gasteiger partial charge in [-0.15, -0.1) is 11.3 Å². The van der Waals surface area contributed by atoms with Gasteiger partial charge in [0.25, 0.3) is 0 Å². The van der Waals surface area contributed by atoms with Crippen molar-refractivity contribution in [2.75, 3.05) is 11.9 Å². The predicted octanol–water partition coefficient (Wildman–Crippen LogP) is 4.27. The zero-order chi connectivity index (χ0) is 15.4. The third-order valence-corrected chi connectivity index (χ3v) is 4.00. The minimum Gasteiger partial charge on any atom is -0.478 e. The summed E-state index contributed by atoms with van der Waals surface area (Å²) in [6.07, 6.45) is 2.35. The van der Waals surface area contributed by atoms with Crippen molar-refractivity contribution in [3.05, 3.63) is 57.0 Å². The van der Waals surface area contributed by atoms with Crippen LogP contribution in [0.4, 0.5) is 10.1 Å². The van der Waals surface area contributed by atoms with E-state index in [9.17, 15) is 9.18 Å². The van der Waals surface area contributed by atoms with E-state index in [1.54, 1.807) is 6.07 Å². The number of halogens is 2. The van der Waals surface area contributed by atoms with E-state index in [0.717, 1.165) is 11.0 Å². The normalized spacial score (nSPS) is 11.0. The van der Waals surface area contributed by atoms with Crippen LogP contribution in [0.2, 0.25) is 4.34 Å². The number of aliphatic carboxylic acids is 1. The topological polar surface area (TPSA) is 40.5 Å². The summed E-state index contributed by atoms with van der Waals surface area (Å²) in [6.45, 7) is 0.600. The predicted molar refractivity (Wildman–Crippen MR) is 84.5 cm³/mol. The average molecular weight is 326 g/mol. The lowest BCUT2D eigenvalue weighted by Gasteiger charge is -2.19. The van der Waals surface area contributed by atoms with Crippen LogP contribution >= 0.6 is 22.9 Å². The van der Waals surface area contributed by atoms with Crippen LogP contribution in [0.25, 0.3) is 6.08 Å². The second-order valence-corrected chi connectivity index (χ2v) is 6.28. The Labute approximate surface area is 130 Å². The van der Waals surface area contributed by atoms with Crippen molar-refractivity contribution in [1.29, 1.82) is 0 Å². The number of benzene rings is 1. The van der Waals surface area contributed by atoms with Gasteiger partial charge in [-0.3, -0.25) is 0 Å². The van der Waals surface area contributed by atoms with Crippen molar-refractivity contribution in [2.24, 2.45) is 0 Å². The number of thiophene rings is 1. The van der Waals surface area contributed by atoms with Gasteiger partial charge in [0.05, 0.1) is 10.9 Å². The van der Waals surface area contributed by atoms with Gasteiger partial charge in [0.15, 0.2) is 0 Å². The highest BCUT2D eigenvalue weighted by Crippen LogP contribution is 2.25. The Hall–Kier alpha value is -1.85. The maximum atomic E-state index is 13.6. The zero-order valence-corrected chi connectivity index (χ0v) is 12.8. The SMILES string of the molecule is CN(Cc1ccc(Cl)s1)c1cc(F)cc(/C=C/C(=O)O)c1. The fourth-order valence-corrected chi connectivity index (χ4v) is 2.98. The second-order valence-electron chi connectivity index (χ2n) is 4.48. The van der Waals surface area contributed by atoms with Crippen LogP contribution in [0.15, 0.2) is 36.4 Å². The average Bonchev–Trinajstić information content (AvgIpc) is 2.81. The Balaban J connectivity index is 2.20. The largest absolute Gasteiger partial charge is 0.478 e.